The SMILES string of the molecule is CCC(C)CCCCC(=O)O.CCCCC(C)(C)OC(C)=O. The van der Waals surface area contributed by atoms with Crippen LogP contribution in [0.3, 0.4) is 0 Å². The lowest BCUT2D eigenvalue weighted by Gasteiger charge is -2.23. The molecule has 1 N–H and O–H groups in total. The third-order valence-corrected chi connectivity index (χ3v) is 3.59. The Hall–Kier alpha value is -1.06. The van der Waals surface area contributed by atoms with Crippen molar-refractivity contribution in [3.8, 4) is 0 Å². The standard InChI is InChI=1S/2C9H18O2/c1-5-6-7-9(3,4)11-8(2)10;1-3-8(2)6-4-5-7-9(10)11/h5-7H2,1-4H3;8H,3-7H2,1-2H3,(H,10,11). The van der Waals surface area contributed by atoms with Crippen LogP contribution in [-0.2, 0) is 14.3 Å². The van der Waals surface area contributed by atoms with Crippen LogP contribution in [0.4, 0.5) is 0 Å². The van der Waals surface area contributed by atoms with Crippen molar-refractivity contribution < 1.29 is 19.4 Å². The molecule has 0 aromatic heterocycles. The Morgan fingerprint density at radius 1 is 1.14 bits per heavy atom. The van der Waals surface area contributed by atoms with Crippen molar-refractivity contribution in [1.29, 1.82) is 0 Å². The van der Waals surface area contributed by atoms with Gasteiger partial charge < -0.3 is 9.84 Å². The number of carbonyl (C=O) groups excluding carboxylic acids is 1. The molecule has 0 rings (SSSR count). The number of aliphatic carboxylic acids is 1. The highest BCUT2D eigenvalue weighted by Crippen LogP contribution is 2.17. The molecular weight excluding hydrogens is 280 g/mol. The summed E-state index contributed by atoms with van der Waals surface area (Å²) >= 11 is 0. The van der Waals surface area contributed by atoms with E-state index in [9.17, 15) is 9.59 Å². The third-order valence-electron chi connectivity index (χ3n) is 3.59. The quantitative estimate of drug-likeness (QED) is 0.444. The maximum Gasteiger partial charge on any atom is 0.303 e. The summed E-state index contributed by atoms with van der Waals surface area (Å²) in [5.74, 6) is -0.107. The maximum atomic E-state index is 10.6. The van der Waals surface area contributed by atoms with Gasteiger partial charge in [0.15, 0.2) is 0 Å². The largest absolute Gasteiger partial charge is 0.481 e. The van der Waals surface area contributed by atoms with Gasteiger partial charge in [-0.1, -0.05) is 46.5 Å². The summed E-state index contributed by atoms with van der Waals surface area (Å²) in [7, 11) is 0. The predicted octanol–water partition coefficient (Wildman–Crippen LogP) is 5.20. The van der Waals surface area contributed by atoms with E-state index in [4.69, 9.17) is 9.84 Å². The number of hydrogen-bond donors (Lipinski definition) is 1. The lowest BCUT2D eigenvalue weighted by molar-refractivity contribution is -0.154. The summed E-state index contributed by atoms with van der Waals surface area (Å²) in [6.45, 7) is 11.9. The third kappa shape index (κ3) is 18.9. The molecule has 0 spiro atoms. The second-order valence-corrected chi connectivity index (χ2v) is 6.61. The number of ether oxygens (including phenoxy) is 1. The van der Waals surface area contributed by atoms with E-state index in [1.54, 1.807) is 0 Å². The minimum Gasteiger partial charge on any atom is -0.481 e. The average Bonchev–Trinajstić information content (AvgIpc) is 2.40. The fraction of sp³-hybridized carbons (Fsp3) is 0.889. The number of rotatable bonds is 10. The van der Waals surface area contributed by atoms with Gasteiger partial charge in [-0.3, -0.25) is 9.59 Å². The molecular formula is C18H36O4. The minimum absolute atomic E-state index is 0.189. The van der Waals surface area contributed by atoms with Crippen molar-refractivity contribution in [2.24, 2.45) is 5.92 Å². The zero-order valence-corrected chi connectivity index (χ0v) is 15.4. The highest BCUT2D eigenvalue weighted by Gasteiger charge is 2.19. The second-order valence-electron chi connectivity index (χ2n) is 6.61. The number of esters is 1. The van der Waals surface area contributed by atoms with E-state index in [2.05, 4.69) is 20.8 Å². The van der Waals surface area contributed by atoms with Gasteiger partial charge in [0.1, 0.15) is 5.60 Å². The van der Waals surface area contributed by atoms with E-state index in [1.165, 1.54) is 19.8 Å². The minimum atomic E-state index is -0.672. The van der Waals surface area contributed by atoms with Gasteiger partial charge in [0.25, 0.3) is 0 Å². The van der Waals surface area contributed by atoms with Crippen LogP contribution in [-0.4, -0.2) is 22.6 Å². The van der Waals surface area contributed by atoms with Gasteiger partial charge in [0.05, 0.1) is 0 Å². The Labute approximate surface area is 136 Å². The molecule has 0 aliphatic carbocycles. The van der Waals surface area contributed by atoms with Crippen molar-refractivity contribution in [2.45, 2.75) is 98.5 Å². The fourth-order valence-electron chi connectivity index (χ4n) is 2.02. The maximum absolute atomic E-state index is 10.6. The normalized spacial score (nSPS) is 12.1. The molecule has 1 unspecified atom stereocenters. The van der Waals surface area contributed by atoms with E-state index in [0.717, 1.165) is 38.0 Å². The van der Waals surface area contributed by atoms with E-state index in [-0.39, 0.29) is 11.6 Å². The Bertz CT molecular complexity index is 297. The topological polar surface area (TPSA) is 63.6 Å². The van der Waals surface area contributed by atoms with Crippen LogP contribution in [0.5, 0.6) is 0 Å². The first-order chi connectivity index (χ1) is 10.1. The molecule has 0 aromatic rings. The molecule has 4 nitrogen and oxygen atoms in total. The highest BCUT2D eigenvalue weighted by atomic mass is 16.6. The van der Waals surface area contributed by atoms with E-state index >= 15 is 0 Å². The van der Waals surface area contributed by atoms with Crippen LogP contribution >= 0.6 is 0 Å². The first-order valence-electron chi connectivity index (χ1n) is 8.56. The number of carboxylic acids is 1. The summed E-state index contributed by atoms with van der Waals surface area (Å²) in [5.41, 5.74) is -0.276. The molecule has 0 radical (unpaired) electrons. The Kier molecular flexibility index (Phi) is 14.3. The van der Waals surface area contributed by atoms with Crippen LogP contribution in [0.25, 0.3) is 0 Å². The van der Waals surface area contributed by atoms with Gasteiger partial charge in [0.2, 0.25) is 0 Å². The fourth-order valence-corrected chi connectivity index (χ4v) is 2.02. The average molecular weight is 316 g/mol. The molecule has 0 bridgehead atoms. The Morgan fingerprint density at radius 2 is 1.73 bits per heavy atom. The van der Waals surface area contributed by atoms with Crippen molar-refractivity contribution in [1.82, 2.24) is 0 Å². The van der Waals surface area contributed by atoms with Crippen molar-refractivity contribution >= 4 is 11.9 Å². The molecule has 4 heteroatoms. The van der Waals surface area contributed by atoms with Crippen LogP contribution in [0.1, 0.15) is 92.9 Å². The Morgan fingerprint density at radius 3 is 2.14 bits per heavy atom. The van der Waals surface area contributed by atoms with Crippen molar-refractivity contribution in [3.63, 3.8) is 0 Å². The van der Waals surface area contributed by atoms with E-state index in [1.807, 2.05) is 13.8 Å². The first-order valence-corrected chi connectivity index (χ1v) is 8.56. The molecule has 0 saturated carbocycles. The van der Waals surface area contributed by atoms with Gasteiger partial charge >= 0.3 is 11.9 Å². The van der Waals surface area contributed by atoms with Crippen LogP contribution in [0.2, 0.25) is 0 Å². The summed E-state index contributed by atoms with van der Waals surface area (Å²) in [4.78, 5) is 20.7. The van der Waals surface area contributed by atoms with Crippen molar-refractivity contribution in [2.75, 3.05) is 0 Å². The van der Waals surface area contributed by atoms with E-state index < -0.39 is 5.97 Å². The molecule has 0 amide bonds. The number of carbonyl (C=O) groups is 2. The number of unbranched alkanes of at least 4 members (excludes halogenated alkanes) is 2. The monoisotopic (exact) mass is 316 g/mol. The lowest BCUT2D eigenvalue weighted by Crippen LogP contribution is -2.26. The molecule has 132 valence electrons. The molecule has 0 aromatic carbocycles. The summed E-state index contributed by atoms with van der Waals surface area (Å²) in [6, 6.07) is 0. The Balaban J connectivity index is 0. The molecule has 0 heterocycles. The molecule has 0 aliphatic rings. The molecule has 1 atom stereocenters. The van der Waals surface area contributed by atoms with Gasteiger partial charge in [-0.2, -0.15) is 0 Å². The van der Waals surface area contributed by atoms with Crippen LogP contribution < -0.4 is 0 Å². The number of hydrogen-bond acceptors (Lipinski definition) is 3. The zero-order chi connectivity index (χ0) is 17.6. The van der Waals surface area contributed by atoms with Gasteiger partial charge in [-0.05, 0) is 39.0 Å². The smallest absolute Gasteiger partial charge is 0.303 e. The molecule has 0 saturated heterocycles. The number of carboxylic acid groups (broad SMARTS) is 1. The van der Waals surface area contributed by atoms with Gasteiger partial charge in [-0.15, -0.1) is 0 Å². The van der Waals surface area contributed by atoms with Gasteiger partial charge in [0, 0.05) is 13.3 Å². The summed E-state index contributed by atoms with van der Waals surface area (Å²) < 4.78 is 5.10. The zero-order valence-electron chi connectivity index (χ0n) is 15.4. The predicted molar refractivity (Wildman–Crippen MR) is 90.9 cm³/mol. The molecule has 22 heavy (non-hydrogen) atoms. The van der Waals surface area contributed by atoms with Gasteiger partial charge in [-0.25, -0.2) is 0 Å². The second kappa shape index (κ2) is 13.6. The summed E-state index contributed by atoms with van der Waals surface area (Å²) in [6.07, 6.45) is 7.79. The van der Waals surface area contributed by atoms with Crippen molar-refractivity contribution in [3.05, 3.63) is 0 Å². The highest BCUT2D eigenvalue weighted by molar-refractivity contribution is 5.66. The lowest BCUT2D eigenvalue weighted by atomic mass is 10.0. The van der Waals surface area contributed by atoms with E-state index in [0.29, 0.717) is 6.42 Å². The summed E-state index contributed by atoms with van der Waals surface area (Å²) in [5, 5.41) is 8.34. The first kappa shape index (κ1) is 23.2. The van der Waals surface area contributed by atoms with Crippen LogP contribution in [0, 0.1) is 5.92 Å². The molecule has 0 fully saturated rings. The van der Waals surface area contributed by atoms with Crippen LogP contribution in [0.15, 0.2) is 0 Å². The molecule has 0 aliphatic heterocycles.